The van der Waals surface area contributed by atoms with Gasteiger partial charge in [-0.2, -0.15) is 0 Å². The van der Waals surface area contributed by atoms with Gasteiger partial charge in [0.2, 0.25) is 0 Å². The van der Waals surface area contributed by atoms with Gasteiger partial charge >= 0.3 is 0 Å². The van der Waals surface area contributed by atoms with E-state index in [9.17, 15) is 0 Å². The maximum atomic E-state index is 5.98. The highest BCUT2D eigenvalue weighted by Gasteiger charge is 2.32. The van der Waals surface area contributed by atoms with Crippen LogP contribution in [0, 0.1) is 5.41 Å². The molecule has 3 nitrogen and oxygen atoms in total. The summed E-state index contributed by atoms with van der Waals surface area (Å²) in [6.45, 7) is 4.40. The molecule has 1 aliphatic rings. The largest absolute Gasteiger partial charge is 0.381 e. The van der Waals surface area contributed by atoms with Gasteiger partial charge in [-0.15, -0.1) is 11.3 Å². The molecule has 0 spiro atoms. The fourth-order valence-corrected chi connectivity index (χ4v) is 3.73. The van der Waals surface area contributed by atoms with Crippen molar-refractivity contribution in [3.05, 3.63) is 21.3 Å². The maximum absolute atomic E-state index is 5.98. The van der Waals surface area contributed by atoms with Crippen LogP contribution in [0.2, 0.25) is 4.34 Å². The summed E-state index contributed by atoms with van der Waals surface area (Å²) in [7, 11) is 2.15. The number of nitrogens with two attached hydrogens (primary N) is 1. The molecule has 0 saturated carbocycles. The van der Waals surface area contributed by atoms with Crippen molar-refractivity contribution in [3.8, 4) is 0 Å². The minimum absolute atomic E-state index is 0.230. The molecule has 0 aliphatic carbocycles. The first-order valence-electron chi connectivity index (χ1n) is 6.34. The third-order valence-electron chi connectivity index (χ3n) is 3.65. The van der Waals surface area contributed by atoms with Crippen LogP contribution in [0.4, 0.5) is 0 Å². The van der Waals surface area contributed by atoms with Crippen molar-refractivity contribution < 1.29 is 4.74 Å². The van der Waals surface area contributed by atoms with E-state index < -0.39 is 0 Å². The van der Waals surface area contributed by atoms with Crippen LogP contribution < -0.4 is 5.73 Å². The SMILES string of the molecule is CN(Cc1ccc(Cl)s1)CC1(CN)CCOCC1. The summed E-state index contributed by atoms with van der Waals surface area (Å²) in [6, 6.07) is 4.06. The maximum Gasteiger partial charge on any atom is 0.0931 e. The van der Waals surface area contributed by atoms with E-state index in [2.05, 4.69) is 18.0 Å². The Labute approximate surface area is 118 Å². The molecule has 5 heteroatoms. The molecule has 1 aromatic rings. The fourth-order valence-electron chi connectivity index (χ4n) is 2.56. The van der Waals surface area contributed by atoms with E-state index in [4.69, 9.17) is 22.1 Å². The van der Waals surface area contributed by atoms with Gasteiger partial charge < -0.3 is 15.4 Å². The van der Waals surface area contributed by atoms with Crippen LogP contribution in [0.3, 0.4) is 0 Å². The number of halogens is 1. The third-order valence-corrected chi connectivity index (χ3v) is 4.86. The van der Waals surface area contributed by atoms with Gasteiger partial charge in [0.05, 0.1) is 4.34 Å². The molecule has 2 N–H and O–H groups in total. The van der Waals surface area contributed by atoms with E-state index in [1.54, 1.807) is 11.3 Å². The van der Waals surface area contributed by atoms with Gasteiger partial charge in [0.1, 0.15) is 0 Å². The lowest BCUT2D eigenvalue weighted by atomic mass is 9.80. The smallest absolute Gasteiger partial charge is 0.0931 e. The first kappa shape index (κ1) is 14.3. The van der Waals surface area contributed by atoms with Crippen molar-refractivity contribution in [1.82, 2.24) is 4.90 Å². The Bertz CT molecular complexity index is 377. The lowest BCUT2D eigenvalue weighted by Gasteiger charge is -2.39. The van der Waals surface area contributed by atoms with E-state index >= 15 is 0 Å². The van der Waals surface area contributed by atoms with Crippen molar-refractivity contribution in [3.63, 3.8) is 0 Å². The van der Waals surface area contributed by atoms with E-state index in [-0.39, 0.29) is 5.41 Å². The molecule has 18 heavy (non-hydrogen) atoms. The molecule has 1 aliphatic heterocycles. The van der Waals surface area contributed by atoms with E-state index in [1.807, 2.05) is 6.07 Å². The van der Waals surface area contributed by atoms with E-state index in [0.29, 0.717) is 0 Å². The lowest BCUT2D eigenvalue weighted by Crippen LogP contribution is -2.44. The molecule has 2 heterocycles. The predicted molar refractivity (Wildman–Crippen MR) is 77.2 cm³/mol. The molecule has 1 saturated heterocycles. The highest BCUT2D eigenvalue weighted by molar-refractivity contribution is 7.16. The molecular weight excluding hydrogens is 268 g/mol. The van der Waals surface area contributed by atoms with E-state index in [0.717, 1.165) is 50.0 Å². The van der Waals surface area contributed by atoms with Crippen molar-refractivity contribution in [2.45, 2.75) is 19.4 Å². The van der Waals surface area contributed by atoms with Crippen LogP contribution in [-0.4, -0.2) is 38.3 Å². The number of nitrogens with zero attached hydrogens (tertiary/aromatic N) is 1. The number of hydrogen-bond acceptors (Lipinski definition) is 4. The zero-order valence-electron chi connectivity index (χ0n) is 10.8. The number of ether oxygens (including phenoxy) is 1. The van der Waals surface area contributed by atoms with Crippen molar-refractivity contribution in [2.24, 2.45) is 11.1 Å². The molecule has 0 radical (unpaired) electrons. The van der Waals surface area contributed by atoms with Crippen molar-refractivity contribution >= 4 is 22.9 Å². The highest BCUT2D eigenvalue weighted by Crippen LogP contribution is 2.31. The predicted octanol–water partition coefficient (Wildman–Crippen LogP) is 2.59. The summed E-state index contributed by atoms with van der Waals surface area (Å²) < 4.78 is 6.30. The summed E-state index contributed by atoms with van der Waals surface area (Å²) in [5, 5.41) is 0. The van der Waals surface area contributed by atoms with Gasteiger partial charge in [0, 0.05) is 31.2 Å². The van der Waals surface area contributed by atoms with Gasteiger partial charge in [-0.25, -0.2) is 0 Å². The van der Waals surface area contributed by atoms with E-state index in [1.165, 1.54) is 4.88 Å². The topological polar surface area (TPSA) is 38.5 Å². The van der Waals surface area contributed by atoms with Gasteiger partial charge in [-0.3, -0.25) is 0 Å². The second-order valence-electron chi connectivity index (χ2n) is 5.19. The summed E-state index contributed by atoms with van der Waals surface area (Å²) >= 11 is 7.61. The van der Waals surface area contributed by atoms with Crippen LogP contribution >= 0.6 is 22.9 Å². The van der Waals surface area contributed by atoms with Crippen molar-refractivity contribution in [1.29, 1.82) is 0 Å². The Balaban J connectivity index is 1.90. The first-order chi connectivity index (χ1) is 8.63. The Hall–Kier alpha value is -0.130. The number of rotatable bonds is 5. The fraction of sp³-hybridized carbons (Fsp3) is 0.692. The molecule has 1 aromatic heterocycles. The normalized spacial score (nSPS) is 19.3. The highest BCUT2D eigenvalue weighted by atomic mass is 35.5. The third kappa shape index (κ3) is 3.68. The molecule has 1 fully saturated rings. The molecule has 0 atom stereocenters. The second kappa shape index (κ2) is 6.35. The number of hydrogen-bond donors (Lipinski definition) is 1. The Kier molecular flexibility index (Phi) is 5.04. The monoisotopic (exact) mass is 288 g/mol. The standard InChI is InChI=1S/C13H21ClN2OS/c1-16(8-11-2-3-12(14)18-11)10-13(9-15)4-6-17-7-5-13/h2-3H,4-10,15H2,1H3. The summed E-state index contributed by atoms with van der Waals surface area (Å²) in [6.07, 6.45) is 2.14. The molecule has 0 amide bonds. The Morgan fingerprint density at radius 3 is 2.72 bits per heavy atom. The molecule has 0 aromatic carbocycles. The average Bonchev–Trinajstić information content (AvgIpc) is 2.75. The average molecular weight is 289 g/mol. The molecule has 0 bridgehead atoms. The van der Waals surface area contributed by atoms with Gasteiger partial charge in [-0.1, -0.05) is 11.6 Å². The van der Waals surface area contributed by atoms with Gasteiger partial charge in [-0.05, 0) is 44.0 Å². The lowest BCUT2D eigenvalue weighted by molar-refractivity contribution is 0.00280. The van der Waals surface area contributed by atoms with Gasteiger partial charge in [0.15, 0.2) is 0 Å². The quantitative estimate of drug-likeness (QED) is 0.905. The zero-order chi connectivity index (χ0) is 13.0. The van der Waals surface area contributed by atoms with Crippen LogP contribution in [-0.2, 0) is 11.3 Å². The summed E-state index contributed by atoms with van der Waals surface area (Å²) in [5.74, 6) is 0. The summed E-state index contributed by atoms with van der Waals surface area (Å²) in [5.41, 5.74) is 6.21. The molecule has 102 valence electrons. The molecule has 2 rings (SSSR count). The molecular formula is C13H21ClN2OS. The van der Waals surface area contributed by atoms with Crippen LogP contribution in [0.25, 0.3) is 0 Å². The zero-order valence-corrected chi connectivity index (χ0v) is 12.4. The Morgan fingerprint density at radius 1 is 1.44 bits per heavy atom. The van der Waals surface area contributed by atoms with Crippen molar-refractivity contribution in [2.75, 3.05) is 33.4 Å². The molecule has 0 unspecified atom stereocenters. The minimum Gasteiger partial charge on any atom is -0.381 e. The summed E-state index contributed by atoms with van der Waals surface area (Å²) in [4.78, 5) is 3.65. The number of thiophene rings is 1. The minimum atomic E-state index is 0.230. The first-order valence-corrected chi connectivity index (χ1v) is 7.54. The van der Waals surface area contributed by atoms with Crippen LogP contribution in [0.15, 0.2) is 12.1 Å². The second-order valence-corrected chi connectivity index (χ2v) is 6.99. The Morgan fingerprint density at radius 2 is 2.17 bits per heavy atom. The van der Waals surface area contributed by atoms with Crippen LogP contribution in [0.1, 0.15) is 17.7 Å². The van der Waals surface area contributed by atoms with Crippen LogP contribution in [0.5, 0.6) is 0 Å². The van der Waals surface area contributed by atoms with Gasteiger partial charge in [0.25, 0.3) is 0 Å².